The Hall–Kier alpha value is -3.08. The second-order valence-corrected chi connectivity index (χ2v) is 12.0. The fourth-order valence-electron chi connectivity index (χ4n) is 5.28. The highest BCUT2D eigenvalue weighted by atomic mass is 127. The second-order valence-electron chi connectivity index (χ2n) is 10.4. The number of amides is 1. The van der Waals surface area contributed by atoms with E-state index >= 15 is 0 Å². The molecule has 222 valence electrons. The van der Waals surface area contributed by atoms with Gasteiger partial charge in [0.15, 0.2) is 0 Å². The molecule has 4 rings (SSSR count). The number of alkyl halides is 3. The minimum Gasteiger partial charge on any atom is -0.507 e. The molecule has 0 aliphatic carbocycles. The lowest BCUT2D eigenvalue weighted by atomic mass is 9.94. The zero-order valence-electron chi connectivity index (χ0n) is 23.0. The number of aromatic amines is 1. The van der Waals surface area contributed by atoms with E-state index in [0.29, 0.717) is 9.13 Å². The number of rotatable bonds is 7. The molecule has 1 amide bonds. The van der Waals surface area contributed by atoms with Crippen LogP contribution in [0, 0.1) is 20.8 Å². The van der Waals surface area contributed by atoms with E-state index in [9.17, 15) is 33.1 Å². The number of carbonyl (C=O) groups is 1. The number of benzene rings is 2. The van der Waals surface area contributed by atoms with Gasteiger partial charge in [-0.15, -0.1) is 0 Å². The molecule has 12 heteroatoms. The summed E-state index contributed by atoms with van der Waals surface area (Å²) in [5.41, 5.74) is -1.61. The van der Waals surface area contributed by atoms with Crippen molar-refractivity contribution in [3.8, 4) is 34.2 Å². The quantitative estimate of drug-likeness (QED) is 0.268. The minimum absolute atomic E-state index is 0.0191. The van der Waals surface area contributed by atoms with E-state index in [1.807, 2.05) is 22.6 Å². The van der Waals surface area contributed by atoms with Crippen molar-refractivity contribution in [3.05, 3.63) is 72.0 Å². The number of halogens is 5. The van der Waals surface area contributed by atoms with Crippen molar-refractivity contribution in [2.45, 2.75) is 38.9 Å². The van der Waals surface area contributed by atoms with Gasteiger partial charge < -0.3 is 19.9 Å². The maximum absolute atomic E-state index is 13.5. The topological polar surface area (TPSA) is 100 Å². The number of nitrogens with one attached hydrogen (secondary N) is 1. The number of aromatic hydroxyl groups is 1. The Labute approximate surface area is 260 Å². The van der Waals surface area contributed by atoms with Gasteiger partial charge in [-0.05, 0) is 103 Å². The number of nitriles is 1. The summed E-state index contributed by atoms with van der Waals surface area (Å²) < 4.78 is 40.8. The lowest BCUT2D eigenvalue weighted by molar-refractivity contribution is -0.137. The molecule has 2 aromatic carbocycles. The highest BCUT2D eigenvalue weighted by molar-refractivity contribution is 14.1. The average Bonchev–Trinajstić information content (AvgIpc) is 2.94. The van der Waals surface area contributed by atoms with Crippen LogP contribution in [0.1, 0.15) is 42.9 Å². The van der Waals surface area contributed by atoms with E-state index in [0.717, 1.165) is 51.0 Å². The molecule has 1 saturated heterocycles. The standard InChI is InChI=1S/C30H29ClF3IN4O3/c1-3-8-39-9-6-17(7-10-39)29(42)38(2)16-18-11-20(31)13-23(27(18)40)26-14-21(24(15-36)28(41)37-26)22-12-19(30(32,33)34)4-5-25(22)35/h4-5,11-14,17,40H,3,6-10,16H2,1-2H3,(H,37,41). The maximum atomic E-state index is 13.5. The lowest BCUT2D eigenvalue weighted by Crippen LogP contribution is -2.41. The number of aromatic nitrogens is 1. The van der Waals surface area contributed by atoms with Crippen molar-refractivity contribution >= 4 is 40.1 Å². The Morgan fingerprint density at radius 3 is 2.50 bits per heavy atom. The fraction of sp³-hybridized carbons (Fsp3) is 0.367. The number of hydrogen-bond acceptors (Lipinski definition) is 5. The number of piperidine rings is 1. The molecule has 2 N–H and O–H groups in total. The third-order valence-corrected chi connectivity index (χ3v) is 8.59. The van der Waals surface area contributed by atoms with Crippen molar-refractivity contribution in [2.24, 2.45) is 5.92 Å². The van der Waals surface area contributed by atoms with Gasteiger partial charge in [-0.1, -0.05) is 18.5 Å². The summed E-state index contributed by atoms with van der Waals surface area (Å²) in [5.74, 6) is -0.418. The molecular weight excluding hydrogens is 684 g/mol. The number of likely N-dealkylation sites (tertiary alicyclic amines) is 1. The van der Waals surface area contributed by atoms with Crippen LogP contribution < -0.4 is 5.56 Å². The van der Waals surface area contributed by atoms with Crippen LogP contribution in [0.15, 0.2) is 41.2 Å². The fourth-order valence-corrected chi connectivity index (χ4v) is 6.15. The predicted molar refractivity (Wildman–Crippen MR) is 163 cm³/mol. The Morgan fingerprint density at radius 1 is 1.19 bits per heavy atom. The smallest absolute Gasteiger partial charge is 0.416 e. The van der Waals surface area contributed by atoms with Crippen LogP contribution in [0.2, 0.25) is 5.02 Å². The Bertz CT molecular complexity index is 1590. The molecule has 2 heterocycles. The first-order valence-electron chi connectivity index (χ1n) is 13.4. The van der Waals surface area contributed by atoms with Gasteiger partial charge in [0.05, 0.1) is 11.3 Å². The van der Waals surface area contributed by atoms with Gasteiger partial charge in [-0.3, -0.25) is 9.59 Å². The van der Waals surface area contributed by atoms with Crippen LogP contribution in [-0.2, 0) is 17.5 Å². The molecule has 1 aliphatic rings. The monoisotopic (exact) mass is 712 g/mol. The molecule has 0 unspecified atom stereocenters. The van der Waals surface area contributed by atoms with Crippen LogP contribution >= 0.6 is 34.2 Å². The largest absolute Gasteiger partial charge is 0.507 e. The summed E-state index contributed by atoms with van der Waals surface area (Å²) in [5, 5.41) is 21.1. The summed E-state index contributed by atoms with van der Waals surface area (Å²) in [7, 11) is 1.65. The first-order valence-corrected chi connectivity index (χ1v) is 14.8. The maximum Gasteiger partial charge on any atom is 0.416 e. The molecule has 3 aromatic rings. The van der Waals surface area contributed by atoms with E-state index in [-0.39, 0.29) is 57.1 Å². The second kappa shape index (κ2) is 13.1. The highest BCUT2D eigenvalue weighted by Crippen LogP contribution is 2.39. The molecule has 1 aromatic heterocycles. The average molecular weight is 713 g/mol. The normalized spacial score (nSPS) is 14.5. The summed E-state index contributed by atoms with van der Waals surface area (Å²) in [6, 6.07) is 9.13. The third kappa shape index (κ3) is 6.93. The van der Waals surface area contributed by atoms with Crippen molar-refractivity contribution in [2.75, 3.05) is 26.7 Å². The number of phenolic OH excluding ortho intramolecular Hbond substituents is 1. The molecule has 0 radical (unpaired) electrons. The third-order valence-electron chi connectivity index (χ3n) is 7.43. The van der Waals surface area contributed by atoms with Gasteiger partial charge in [-0.25, -0.2) is 0 Å². The SMILES string of the molecule is CCCN1CCC(C(=O)N(C)Cc2cc(Cl)cc(-c3cc(-c4cc(C(F)(F)F)ccc4I)c(C#N)c(=O)[nH]3)c2O)CC1. The molecule has 7 nitrogen and oxygen atoms in total. The molecule has 0 atom stereocenters. The van der Waals surface area contributed by atoms with Crippen LogP contribution in [0.3, 0.4) is 0 Å². The number of hydrogen-bond donors (Lipinski definition) is 2. The zero-order chi connectivity index (χ0) is 30.8. The molecular formula is C30H29ClF3IN4O3. The van der Waals surface area contributed by atoms with E-state index in [2.05, 4.69) is 16.8 Å². The molecule has 1 aliphatic heterocycles. The summed E-state index contributed by atoms with van der Waals surface area (Å²) in [4.78, 5) is 32.6. The number of H-pyrrole nitrogens is 1. The van der Waals surface area contributed by atoms with Crippen LogP contribution in [0.4, 0.5) is 13.2 Å². The Balaban J connectivity index is 1.70. The summed E-state index contributed by atoms with van der Waals surface area (Å²) >= 11 is 8.23. The van der Waals surface area contributed by atoms with Crippen molar-refractivity contribution in [3.63, 3.8) is 0 Å². The van der Waals surface area contributed by atoms with E-state index < -0.39 is 17.3 Å². The van der Waals surface area contributed by atoms with Crippen molar-refractivity contribution in [1.29, 1.82) is 5.26 Å². The summed E-state index contributed by atoms with van der Waals surface area (Å²) in [6.45, 7) is 4.87. The molecule has 0 saturated carbocycles. The van der Waals surface area contributed by atoms with Crippen molar-refractivity contribution < 1.29 is 23.1 Å². The van der Waals surface area contributed by atoms with Gasteiger partial charge in [0, 0.05) is 44.8 Å². The van der Waals surface area contributed by atoms with Crippen molar-refractivity contribution in [1.82, 2.24) is 14.8 Å². The van der Waals surface area contributed by atoms with Gasteiger partial charge >= 0.3 is 6.18 Å². The number of phenols is 1. The number of carbonyl (C=O) groups excluding carboxylic acids is 1. The Kier molecular flexibility index (Phi) is 9.90. The number of pyridine rings is 1. The van der Waals surface area contributed by atoms with Crippen LogP contribution in [0.25, 0.3) is 22.4 Å². The molecule has 0 spiro atoms. The molecule has 0 bridgehead atoms. The first-order chi connectivity index (χ1) is 19.8. The van der Waals surface area contributed by atoms with Crippen LogP contribution in [-0.4, -0.2) is 52.5 Å². The molecule has 1 fully saturated rings. The highest BCUT2D eigenvalue weighted by Gasteiger charge is 2.32. The minimum atomic E-state index is -4.63. The lowest BCUT2D eigenvalue weighted by Gasteiger charge is -2.33. The molecule has 42 heavy (non-hydrogen) atoms. The van der Waals surface area contributed by atoms with E-state index in [1.165, 1.54) is 29.2 Å². The van der Waals surface area contributed by atoms with E-state index in [4.69, 9.17) is 11.6 Å². The van der Waals surface area contributed by atoms with Gasteiger partial charge in [0.25, 0.3) is 5.56 Å². The van der Waals surface area contributed by atoms with Crippen LogP contribution in [0.5, 0.6) is 5.75 Å². The van der Waals surface area contributed by atoms with E-state index in [1.54, 1.807) is 13.1 Å². The number of nitrogens with zero attached hydrogens (tertiary/aromatic N) is 3. The first kappa shape index (κ1) is 31.8. The predicted octanol–water partition coefficient (Wildman–Crippen LogP) is 6.64. The van der Waals surface area contributed by atoms with Gasteiger partial charge in [-0.2, -0.15) is 18.4 Å². The Morgan fingerprint density at radius 2 is 1.88 bits per heavy atom. The zero-order valence-corrected chi connectivity index (χ0v) is 25.9. The van der Waals surface area contributed by atoms with Gasteiger partial charge in [0.2, 0.25) is 5.91 Å². The summed E-state index contributed by atoms with van der Waals surface area (Å²) in [6.07, 6.45) is -2.08. The van der Waals surface area contributed by atoms with Gasteiger partial charge in [0.1, 0.15) is 17.4 Å².